The molecule has 2 aliphatic heterocycles. The van der Waals surface area contributed by atoms with Crippen molar-refractivity contribution in [1.29, 1.82) is 0 Å². The van der Waals surface area contributed by atoms with Gasteiger partial charge in [0.25, 0.3) is 0 Å². The van der Waals surface area contributed by atoms with E-state index in [1.54, 1.807) is 0 Å². The maximum absolute atomic E-state index is 10.6. The summed E-state index contributed by atoms with van der Waals surface area (Å²) in [6.45, 7) is 7.36. The average molecular weight is 530 g/mol. The molecule has 2 saturated heterocycles. The van der Waals surface area contributed by atoms with Gasteiger partial charge in [0.15, 0.2) is 0 Å². The van der Waals surface area contributed by atoms with Crippen molar-refractivity contribution in [1.82, 2.24) is 14.4 Å². The molecule has 0 radical (unpaired) electrons. The molecule has 1 spiro atoms. The zero-order chi connectivity index (χ0) is 26.4. The van der Waals surface area contributed by atoms with Gasteiger partial charge in [-0.15, -0.1) is 0 Å². The van der Waals surface area contributed by atoms with Crippen molar-refractivity contribution in [2.45, 2.75) is 31.9 Å². The van der Waals surface area contributed by atoms with Crippen molar-refractivity contribution in [3.63, 3.8) is 0 Å². The molecular formula is C21H25F6N3O4S. The number of nitrogens with zero attached hydrogens (tertiary/aromatic N) is 3. The van der Waals surface area contributed by atoms with Crippen molar-refractivity contribution in [2.75, 3.05) is 26.2 Å². The fourth-order valence-electron chi connectivity index (χ4n) is 3.97. The Labute approximate surface area is 201 Å². The van der Waals surface area contributed by atoms with Gasteiger partial charge in [-0.1, -0.05) is 0 Å². The fourth-order valence-corrected chi connectivity index (χ4v) is 4.63. The largest absolute Gasteiger partial charge is 0.490 e. The third-order valence-corrected chi connectivity index (χ3v) is 6.28. The number of hydrogen-bond donors (Lipinski definition) is 2. The molecule has 14 heteroatoms. The predicted octanol–water partition coefficient (Wildman–Crippen LogP) is 4.06. The summed E-state index contributed by atoms with van der Waals surface area (Å²) < 4.78 is 65.7. The summed E-state index contributed by atoms with van der Waals surface area (Å²) in [7, 11) is 2.14. The Morgan fingerprint density at radius 3 is 1.94 bits per heavy atom. The van der Waals surface area contributed by atoms with Crippen LogP contribution >= 0.6 is 11.3 Å². The molecule has 2 fully saturated rings. The third kappa shape index (κ3) is 8.85. The number of carboxylic acid groups (broad SMARTS) is 2. The number of rotatable bonds is 4. The van der Waals surface area contributed by atoms with Crippen LogP contribution in [0.2, 0.25) is 0 Å². The number of carbonyl (C=O) groups is 2. The molecule has 2 aliphatic rings. The van der Waals surface area contributed by atoms with Gasteiger partial charge in [-0.2, -0.15) is 37.7 Å². The highest BCUT2D eigenvalue weighted by Crippen LogP contribution is 2.40. The quantitative estimate of drug-likeness (QED) is 0.582. The lowest BCUT2D eigenvalue weighted by molar-refractivity contribution is -0.193. The van der Waals surface area contributed by atoms with Crippen LogP contribution in [0.25, 0.3) is 0 Å². The first-order valence-electron chi connectivity index (χ1n) is 10.3. The van der Waals surface area contributed by atoms with Crippen LogP contribution in [0.15, 0.2) is 35.2 Å². The molecule has 0 aromatic carbocycles. The molecule has 7 nitrogen and oxygen atoms in total. The van der Waals surface area contributed by atoms with Gasteiger partial charge < -0.3 is 14.8 Å². The van der Waals surface area contributed by atoms with Crippen LogP contribution in [0.4, 0.5) is 26.3 Å². The SMILES string of the molecule is Cn1cccc1CN1CC2(CCN(Cc3ccsc3)C2)C1.O=C(O)C(F)(F)F.O=C(O)C(F)(F)F. The summed E-state index contributed by atoms with van der Waals surface area (Å²) in [5, 5.41) is 18.7. The minimum atomic E-state index is -5.08. The van der Waals surface area contributed by atoms with E-state index >= 15 is 0 Å². The number of aromatic nitrogens is 1. The number of thiophene rings is 1. The molecular weight excluding hydrogens is 504 g/mol. The number of aliphatic carboxylic acids is 2. The van der Waals surface area contributed by atoms with Gasteiger partial charge in [-0.3, -0.25) is 9.80 Å². The summed E-state index contributed by atoms with van der Waals surface area (Å²) in [4.78, 5) is 23.0. The van der Waals surface area contributed by atoms with Crippen molar-refractivity contribution < 1.29 is 46.1 Å². The zero-order valence-corrected chi connectivity index (χ0v) is 19.5. The molecule has 0 amide bonds. The lowest BCUT2D eigenvalue weighted by Gasteiger charge is -2.48. The van der Waals surface area contributed by atoms with E-state index in [1.807, 2.05) is 11.3 Å². The molecule has 4 heterocycles. The number of alkyl halides is 6. The predicted molar refractivity (Wildman–Crippen MR) is 115 cm³/mol. The summed E-state index contributed by atoms with van der Waals surface area (Å²) in [6.07, 6.45) is -6.65. The monoisotopic (exact) mass is 529 g/mol. The Bertz CT molecular complexity index is 945. The smallest absolute Gasteiger partial charge is 0.475 e. The lowest BCUT2D eigenvalue weighted by atomic mass is 9.79. The molecule has 2 N–H and O–H groups in total. The number of aryl methyl sites for hydroxylation is 1. The van der Waals surface area contributed by atoms with Crippen molar-refractivity contribution in [3.8, 4) is 0 Å². The Morgan fingerprint density at radius 2 is 1.51 bits per heavy atom. The second-order valence-corrected chi connectivity index (χ2v) is 9.23. The minimum absolute atomic E-state index is 0.585. The molecule has 0 saturated carbocycles. The standard InChI is InChI=1S/C17H23N3S.2C2HF3O2/c1-18-6-2-3-16(18)10-20-13-17(14-20)5-7-19(12-17)9-15-4-8-21-11-15;2*3-2(4,5)1(6)7/h2-4,6,8,11H,5,7,9-10,12-14H2,1H3;2*(H,6,7). The Balaban J connectivity index is 0.000000257. The second-order valence-electron chi connectivity index (χ2n) is 8.45. The number of likely N-dealkylation sites (tertiary alicyclic amines) is 2. The maximum Gasteiger partial charge on any atom is 0.490 e. The second kappa shape index (κ2) is 11.4. The highest BCUT2D eigenvalue weighted by atomic mass is 32.1. The van der Waals surface area contributed by atoms with E-state index in [0.29, 0.717) is 5.41 Å². The molecule has 0 bridgehead atoms. The van der Waals surface area contributed by atoms with Gasteiger partial charge >= 0.3 is 24.3 Å². The molecule has 2 aromatic rings. The summed E-state index contributed by atoms with van der Waals surface area (Å²) >= 11 is 1.81. The van der Waals surface area contributed by atoms with Crippen LogP contribution in [0.5, 0.6) is 0 Å². The first-order valence-corrected chi connectivity index (χ1v) is 11.2. The van der Waals surface area contributed by atoms with E-state index in [0.717, 1.165) is 13.1 Å². The van der Waals surface area contributed by atoms with Crippen LogP contribution in [-0.2, 0) is 29.7 Å². The average Bonchev–Trinajstić information content (AvgIpc) is 3.44. The van der Waals surface area contributed by atoms with Gasteiger partial charge in [0, 0.05) is 57.1 Å². The fraction of sp³-hybridized carbons (Fsp3) is 0.524. The van der Waals surface area contributed by atoms with Crippen LogP contribution < -0.4 is 0 Å². The third-order valence-electron chi connectivity index (χ3n) is 5.54. The molecule has 2 aromatic heterocycles. The lowest BCUT2D eigenvalue weighted by Crippen LogP contribution is -2.56. The van der Waals surface area contributed by atoms with Crippen LogP contribution in [0.3, 0.4) is 0 Å². The van der Waals surface area contributed by atoms with E-state index < -0.39 is 24.3 Å². The van der Waals surface area contributed by atoms with E-state index in [-0.39, 0.29) is 0 Å². The van der Waals surface area contributed by atoms with Crippen molar-refractivity contribution in [2.24, 2.45) is 12.5 Å². The van der Waals surface area contributed by atoms with Gasteiger partial charge in [0.05, 0.1) is 0 Å². The zero-order valence-electron chi connectivity index (χ0n) is 18.6. The summed E-state index contributed by atoms with van der Waals surface area (Å²) in [6, 6.07) is 6.64. The Morgan fingerprint density at radius 1 is 0.971 bits per heavy atom. The van der Waals surface area contributed by atoms with Gasteiger partial charge in [-0.25, -0.2) is 9.59 Å². The molecule has 196 valence electrons. The van der Waals surface area contributed by atoms with Crippen LogP contribution in [0.1, 0.15) is 17.7 Å². The number of carboxylic acids is 2. The van der Waals surface area contributed by atoms with E-state index in [4.69, 9.17) is 19.8 Å². The Kier molecular flexibility index (Phi) is 9.36. The van der Waals surface area contributed by atoms with E-state index in [2.05, 4.69) is 56.6 Å². The highest BCUT2D eigenvalue weighted by Gasteiger charge is 2.47. The molecule has 0 unspecified atom stereocenters. The normalized spacial score (nSPS) is 17.7. The number of hydrogen-bond acceptors (Lipinski definition) is 5. The Hall–Kier alpha value is -2.58. The van der Waals surface area contributed by atoms with Gasteiger partial charge in [0.1, 0.15) is 0 Å². The highest BCUT2D eigenvalue weighted by molar-refractivity contribution is 7.07. The van der Waals surface area contributed by atoms with Crippen molar-refractivity contribution >= 4 is 23.3 Å². The molecule has 4 rings (SSSR count). The first-order chi connectivity index (χ1) is 16.1. The van der Waals surface area contributed by atoms with Crippen LogP contribution in [0, 0.1) is 5.41 Å². The van der Waals surface area contributed by atoms with Crippen molar-refractivity contribution in [3.05, 3.63) is 46.4 Å². The van der Waals surface area contributed by atoms with Gasteiger partial charge in [0.2, 0.25) is 0 Å². The summed E-state index contributed by atoms with van der Waals surface area (Å²) in [5.74, 6) is -5.51. The first kappa shape index (κ1) is 28.7. The topological polar surface area (TPSA) is 86.0 Å². The molecule has 0 aliphatic carbocycles. The minimum Gasteiger partial charge on any atom is -0.475 e. The summed E-state index contributed by atoms with van der Waals surface area (Å²) in [5.41, 5.74) is 3.50. The van der Waals surface area contributed by atoms with E-state index in [1.165, 1.54) is 43.9 Å². The maximum atomic E-state index is 10.6. The van der Waals surface area contributed by atoms with Crippen LogP contribution in [-0.4, -0.2) is 75.1 Å². The molecule has 0 atom stereocenters. The van der Waals surface area contributed by atoms with Gasteiger partial charge in [-0.05, 0) is 47.5 Å². The van der Waals surface area contributed by atoms with E-state index in [9.17, 15) is 26.3 Å². The number of halogens is 6. The molecule has 35 heavy (non-hydrogen) atoms.